The molecule has 0 saturated heterocycles. The van der Waals surface area contributed by atoms with E-state index < -0.39 is 0 Å². The Kier molecular flexibility index (Phi) is 2.20. The number of halogens is 1. The van der Waals surface area contributed by atoms with Gasteiger partial charge in [-0.2, -0.15) is 0 Å². The van der Waals surface area contributed by atoms with Gasteiger partial charge < -0.3 is 5.32 Å². The fourth-order valence-electron chi connectivity index (χ4n) is 4.34. The third-order valence-corrected chi connectivity index (χ3v) is 5.57. The highest BCUT2D eigenvalue weighted by atomic mass is 35.5. The quantitative estimate of drug-likeness (QED) is 0.890. The van der Waals surface area contributed by atoms with Gasteiger partial charge in [0.15, 0.2) is 11.0 Å². The summed E-state index contributed by atoms with van der Waals surface area (Å²) in [6.45, 7) is 3.94. The molecule has 2 bridgehead atoms. The molecule has 4 atom stereocenters. The Hall–Kier alpha value is -0.830. The van der Waals surface area contributed by atoms with Crippen molar-refractivity contribution in [2.24, 2.45) is 23.7 Å². The Morgan fingerprint density at radius 2 is 1.67 bits per heavy atom. The number of anilines is 1. The van der Waals surface area contributed by atoms with Crippen LogP contribution in [0.3, 0.4) is 0 Å². The zero-order valence-electron chi connectivity index (χ0n) is 10.8. The molecule has 1 heterocycles. The highest BCUT2D eigenvalue weighted by molar-refractivity contribution is 6.31. The van der Waals surface area contributed by atoms with Crippen LogP contribution < -0.4 is 5.32 Å². The van der Waals surface area contributed by atoms with Crippen molar-refractivity contribution < 1.29 is 0 Å². The minimum absolute atomic E-state index is 0.524. The minimum Gasteiger partial charge on any atom is -0.364 e. The normalized spacial score (nSPS) is 39.8. The Labute approximate surface area is 112 Å². The average molecular weight is 264 g/mol. The molecule has 18 heavy (non-hydrogen) atoms. The monoisotopic (exact) mass is 263 g/mol. The van der Waals surface area contributed by atoms with Crippen LogP contribution in [0.15, 0.2) is 0 Å². The van der Waals surface area contributed by atoms with Crippen LogP contribution in [0.25, 0.3) is 0 Å². The van der Waals surface area contributed by atoms with Crippen LogP contribution in [0.5, 0.6) is 0 Å². The zero-order chi connectivity index (χ0) is 12.4. The molecule has 3 fully saturated rings. The van der Waals surface area contributed by atoms with Gasteiger partial charge in [0.25, 0.3) is 0 Å². The van der Waals surface area contributed by atoms with Crippen LogP contribution in [0.1, 0.15) is 30.7 Å². The third-order valence-electron chi connectivity index (χ3n) is 5.30. The van der Waals surface area contributed by atoms with Gasteiger partial charge in [0.1, 0.15) is 0 Å². The van der Waals surface area contributed by atoms with Crippen LogP contribution in [-0.2, 0) is 0 Å². The van der Waals surface area contributed by atoms with E-state index >= 15 is 0 Å². The summed E-state index contributed by atoms with van der Waals surface area (Å²) in [5.74, 6) is 4.51. The number of rotatable bonds is 2. The molecule has 0 aromatic carbocycles. The lowest BCUT2D eigenvalue weighted by Crippen LogP contribution is -2.15. The first-order valence-electron chi connectivity index (χ1n) is 6.92. The minimum atomic E-state index is 0.524. The number of hydrogen-bond acceptors (Lipinski definition) is 3. The summed E-state index contributed by atoms with van der Waals surface area (Å²) in [5, 5.41) is 4.07. The molecule has 1 N–H and O–H groups in total. The topological polar surface area (TPSA) is 37.8 Å². The molecular weight excluding hydrogens is 246 g/mol. The Morgan fingerprint density at radius 1 is 1.06 bits per heavy atom. The van der Waals surface area contributed by atoms with E-state index in [-0.39, 0.29) is 0 Å². The molecule has 1 aromatic rings. The molecule has 96 valence electrons. The van der Waals surface area contributed by atoms with Crippen LogP contribution >= 0.6 is 11.6 Å². The predicted octanol–water partition coefficient (Wildman–Crippen LogP) is 3.20. The second-order valence-electron chi connectivity index (χ2n) is 6.19. The maximum atomic E-state index is 6.18. The number of hydrogen-bond donors (Lipinski definition) is 1. The molecule has 3 aliphatic rings. The Bertz CT molecular complexity index is 500. The highest BCUT2D eigenvalue weighted by Crippen LogP contribution is 2.66. The molecule has 3 aliphatic carbocycles. The number of nitrogens with zero attached hydrogens (tertiary/aromatic N) is 2. The molecule has 4 heteroatoms. The Morgan fingerprint density at radius 3 is 2.33 bits per heavy atom. The highest BCUT2D eigenvalue weighted by Gasteiger charge is 2.65. The second-order valence-corrected chi connectivity index (χ2v) is 6.55. The fourth-order valence-corrected chi connectivity index (χ4v) is 4.57. The van der Waals surface area contributed by atoms with E-state index in [9.17, 15) is 0 Å². The third kappa shape index (κ3) is 1.43. The van der Waals surface area contributed by atoms with E-state index in [1.165, 1.54) is 19.3 Å². The first-order valence-corrected chi connectivity index (χ1v) is 7.30. The Balaban J connectivity index is 1.55. The summed E-state index contributed by atoms with van der Waals surface area (Å²) >= 11 is 6.18. The molecule has 0 radical (unpaired) electrons. The lowest BCUT2D eigenvalue weighted by Gasteiger charge is -2.13. The van der Waals surface area contributed by atoms with Crippen LogP contribution in [-0.4, -0.2) is 16.0 Å². The van der Waals surface area contributed by atoms with Crippen molar-refractivity contribution in [1.82, 2.24) is 9.97 Å². The molecule has 0 amide bonds. The van der Waals surface area contributed by atoms with Crippen LogP contribution in [0, 0.1) is 37.5 Å². The maximum Gasteiger partial charge on any atom is 0.171 e. The molecule has 3 saturated carbocycles. The summed E-state index contributed by atoms with van der Waals surface area (Å²) in [4.78, 5) is 8.89. The molecule has 3 nitrogen and oxygen atoms in total. The van der Waals surface area contributed by atoms with Crippen LogP contribution in [0.2, 0.25) is 5.15 Å². The summed E-state index contributed by atoms with van der Waals surface area (Å²) in [6, 6.07) is 0.616. The smallest absolute Gasteiger partial charge is 0.171 e. The van der Waals surface area contributed by atoms with Gasteiger partial charge in [-0.25, -0.2) is 9.97 Å². The van der Waals surface area contributed by atoms with Crippen molar-refractivity contribution in [2.75, 3.05) is 5.32 Å². The van der Waals surface area contributed by atoms with E-state index in [2.05, 4.69) is 15.3 Å². The van der Waals surface area contributed by atoms with Crippen molar-refractivity contribution in [1.29, 1.82) is 0 Å². The van der Waals surface area contributed by atoms with E-state index in [0.717, 1.165) is 40.9 Å². The van der Waals surface area contributed by atoms with Crippen molar-refractivity contribution in [3.63, 3.8) is 0 Å². The molecule has 1 aromatic heterocycles. The van der Waals surface area contributed by atoms with Gasteiger partial charge >= 0.3 is 0 Å². The van der Waals surface area contributed by atoms with E-state index in [1.54, 1.807) is 0 Å². The first kappa shape index (κ1) is 11.0. The van der Waals surface area contributed by atoms with Crippen LogP contribution in [0.4, 0.5) is 5.82 Å². The number of nitrogens with one attached hydrogen (secondary N) is 1. The van der Waals surface area contributed by atoms with E-state index in [4.69, 9.17) is 11.6 Å². The SMILES string of the molecule is Cc1nc(Cl)c(NC2C3C4CCC(C4)C23)nc1C. The molecular formula is C14H18ClN3. The summed E-state index contributed by atoms with van der Waals surface area (Å²) in [6.07, 6.45) is 4.35. The summed E-state index contributed by atoms with van der Waals surface area (Å²) < 4.78 is 0. The first-order chi connectivity index (χ1) is 8.65. The van der Waals surface area contributed by atoms with Gasteiger partial charge in [-0.15, -0.1) is 0 Å². The lowest BCUT2D eigenvalue weighted by molar-refractivity contribution is 0.456. The molecule has 0 aliphatic heterocycles. The average Bonchev–Trinajstić information content (AvgIpc) is 2.72. The summed E-state index contributed by atoms with van der Waals surface area (Å²) in [5.41, 5.74) is 1.89. The van der Waals surface area contributed by atoms with Crippen molar-refractivity contribution >= 4 is 17.4 Å². The van der Waals surface area contributed by atoms with Gasteiger partial charge in [-0.3, -0.25) is 0 Å². The number of aromatic nitrogens is 2. The van der Waals surface area contributed by atoms with Crippen molar-refractivity contribution in [3.8, 4) is 0 Å². The molecule has 0 spiro atoms. The summed E-state index contributed by atoms with van der Waals surface area (Å²) in [7, 11) is 0. The molecule has 4 rings (SSSR count). The van der Waals surface area contributed by atoms with Gasteiger partial charge in [-0.1, -0.05) is 11.6 Å². The lowest BCUT2D eigenvalue weighted by atomic mass is 10.0. The predicted molar refractivity (Wildman–Crippen MR) is 71.7 cm³/mol. The van der Waals surface area contributed by atoms with Crippen molar-refractivity contribution in [3.05, 3.63) is 16.5 Å². The van der Waals surface area contributed by atoms with Gasteiger partial charge in [-0.05, 0) is 56.8 Å². The van der Waals surface area contributed by atoms with Gasteiger partial charge in [0.05, 0.1) is 11.4 Å². The zero-order valence-corrected chi connectivity index (χ0v) is 11.5. The van der Waals surface area contributed by atoms with E-state index in [0.29, 0.717) is 11.2 Å². The fraction of sp³-hybridized carbons (Fsp3) is 0.714. The largest absolute Gasteiger partial charge is 0.364 e. The van der Waals surface area contributed by atoms with Gasteiger partial charge in [0, 0.05) is 6.04 Å². The molecule has 4 unspecified atom stereocenters. The number of aryl methyl sites for hydroxylation is 2. The van der Waals surface area contributed by atoms with Gasteiger partial charge in [0.2, 0.25) is 0 Å². The number of fused-ring (bicyclic) bond motifs is 5. The van der Waals surface area contributed by atoms with E-state index in [1.807, 2.05) is 13.8 Å². The van der Waals surface area contributed by atoms with Crippen molar-refractivity contribution in [2.45, 2.75) is 39.2 Å². The standard InChI is InChI=1S/C14H18ClN3/c1-6-7(2)17-14(13(15)16-6)18-12-10-8-3-4-9(5-8)11(10)12/h8-12H,3-5H2,1-2H3,(H,17,18). The second kappa shape index (κ2) is 3.60. The maximum absolute atomic E-state index is 6.18.